The first kappa shape index (κ1) is 20.1. The maximum absolute atomic E-state index is 12.9. The van der Waals surface area contributed by atoms with Gasteiger partial charge in [0.2, 0.25) is 0 Å². The van der Waals surface area contributed by atoms with Crippen LogP contribution in [-0.2, 0) is 14.6 Å². The number of carbonyl (C=O) groups excluding carboxylic acids is 1. The first-order valence-corrected chi connectivity index (χ1v) is 11.4. The minimum absolute atomic E-state index is 0.0614. The standard InChI is InChI=1S/C19H29N3O4S/c1-16-3-5-17(6-4-16)20-19(23)22(18-7-14-27(24,25)15-18)9-2-8-21-10-12-26-13-11-21/h3-6,18H,2,7-15H2,1H3,(H,20,23)/t18-/m1/s1. The molecule has 2 fully saturated rings. The minimum atomic E-state index is -3.05. The lowest BCUT2D eigenvalue weighted by molar-refractivity contribution is 0.0362. The lowest BCUT2D eigenvalue weighted by Gasteiger charge is -2.31. The number of amides is 2. The van der Waals surface area contributed by atoms with Crippen molar-refractivity contribution in [1.82, 2.24) is 9.80 Å². The Labute approximate surface area is 161 Å². The monoisotopic (exact) mass is 395 g/mol. The van der Waals surface area contributed by atoms with Gasteiger partial charge < -0.3 is 15.0 Å². The molecule has 0 unspecified atom stereocenters. The summed E-state index contributed by atoms with van der Waals surface area (Å²) in [4.78, 5) is 16.9. The highest BCUT2D eigenvalue weighted by molar-refractivity contribution is 7.91. The highest BCUT2D eigenvalue weighted by atomic mass is 32.2. The van der Waals surface area contributed by atoms with E-state index in [1.165, 1.54) is 0 Å². The third-order valence-electron chi connectivity index (χ3n) is 5.19. The molecule has 2 aliphatic rings. The average molecular weight is 396 g/mol. The van der Waals surface area contributed by atoms with E-state index in [1.54, 1.807) is 4.90 Å². The van der Waals surface area contributed by atoms with Gasteiger partial charge in [0, 0.05) is 37.9 Å². The number of nitrogens with one attached hydrogen (secondary N) is 1. The van der Waals surface area contributed by atoms with Crippen molar-refractivity contribution in [3.63, 3.8) is 0 Å². The van der Waals surface area contributed by atoms with Gasteiger partial charge in [-0.1, -0.05) is 17.7 Å². The molecule has 0 aliphatic carbocycles. The van der Waals surface area contributed by atoms with Crippen LogP contribution >= 0.6 is 0 Å². The number of hydrogen-bond acceptors (Lipinski definition) is 5. The molecule has 7 nitrogen and oxygen atoms in total. The molecular formula is C19H29N3O4S. The lowest BCUT2D eigenvalue weighted by atomic mass is 10.2. The molecule has 2 saturated heterocycles. The normalized spacial score (nSPS) is 22.5. The Kier molecular flexibility index (Phi) is 6.73. The van der Waals surface area contributed by atoms with E-state index in [4.69, 9.17) is 4.74 Å². The summed E-state index contributed by atoms with van der Waals surface area (Å²) in [6.07, 6.45) is 1.33. The molecule has 1 aromatic carbocycles. The van der Waals surface area contributed by atoms with E-state index in [1.807, 2.05) is 31.2 Å². The van der Waals surface area contributed by atoms with Crippen LogP contribution in [0.5, 0.6) is 0 Å². The maximum Gasteiger partial charge on any atom is 0.322 e. The van der Waals surface area contributed by atoms with Crippen LogP contribution in [0.25, 0.3) is 0 Å². The van der Waals surface area contributed by atoms with Crippen LogP contribution in [0.1, 0.15) is 18.4 Å². The number of hydrogen-bond donors (Lipinski definition) is 1. The Balaban J connectivity index is 1.61. The van der Waals surface area contributed by atoms with Gasteiger partial charge in [0.15, 0.2) is 9.84 Å². The number of ether oxygens (including phenoxy) is 1. The minimum Gasteiger partial charge on any atom is -0.379 e. The highest BCUT2D eigenvalue weighted by Gasteiger charge is 2.34. The zero-order valence-corrected chi connectivity index (χ0v) is 16.7. The van der Waals surface area contributed by atoms with Crippen LogP contribution in [0.3, 0.4) is 0 Å². The second-order valence-corrected chi connectivity index (χ2v) is 9.58. The van der Waals surface area contributed by atoms with Crippen LogP contribution < -0.4 is 5.32 Å². The van der Waals surface area contributed by atoms with Gasteiger partial charge >= 0.3 is 6.03 Å². The van der Waals surface area contributed by atoms with Crippen molar-refractivity contribution in [1.29, 1.82) is 0 Å². The van der Waals surface area contributed by atoms with Crippen LogP contribution in [0.15, 0.2) is 24.3 Å². The molecule has 0 bridgehead atoms. The van der Waals surface area contributed by atoms with Crippen molar-refractivity contribution in [2.45, 2.75) is 25.8 Å². The summed E-state index contributed by atoms with van der Waals surface area (Å²) in [6.45, 7) is 6.75. The number of morpholine rings is 1. The molecular weight excluding hydrogens is 366 g/mol. The number of carbonyl (C=O) groups is 1. The molecule has 0 aromatic heterocycles. The van der Waals surface area contributed by atoms with Crippen LogP contribution in [0, 0.1) is 6.92 Å². The number of sulfone groups is 1. The van der Waals surface area contributed by atoms with Gasteiger partial charge in [0.05, 0.1) is 24.7 Å². The van der Waals surface area contributed by atoms with Crippen LogP contribution in [-0.4, -0.2) is 81.2 Å². The number of rotatable bonds is 6. The molecule has 27 heavy (non-hydrogen) atoms. The molecule has 2 amide bonds. The van der Waals surface area contributed by atoms with Crippen LogP contribution in [0.4, 0.5) is 10.5 Å². The SMILES string of the molecule is Cc1ccc(NC(=O)N(CCCN2CCOCC2)[C@@H]2CCS(=O)(=O)C2)cc1. The Morgan fingerprint density at radius 3 is 2.59 bits per heavy atom. The third kappa shape index (κ3) is 5.92. The summed E-state index contributed by atoms with van der Waals surface area (Å²) in [5, 5.41) is 2.92. The molecule has 0 radical (unpaired) electrons. The summed E-state index contributed by atoms with van der Waals surface area (Å²) < 4.78 is 29.2. The van der Waals surface area contributed by atoms with Crippen molar-refractivity contribution >= 4 is 21.6 Å². The smallest absolute Gasteiger partial charge is 0.322 e. The molecule has 0 saturated carbocycles. The summed E-state index contributed by atoms with van der Waals surface area (Å²) in [5.41, 5.74) is 1.85. The van der Waals surface area contributed by atoms with Gasteiger partial charge in [-0.25, -0.2) is 13.2 Å². The van der Waals surface area contributed by atoms with E-state index in [2.05, 4.69) is 10.2 Å². The molecule has 150 valence electrons. The molecule has 2 heterocycles. The van der Waals surface area contributed by atoms with E-state index >= 15 is 0 Å². The number of anilines is 1. The zero-order valence-electron chi connectivity index (χ0n) is 15.9. The Bertz CT molecular complexity index is 730. The van der Waals surface area contributed by atoms with E-state index in [9.17, 15) is 13.2 Å². The summed E-state index contributed by atoms with van der Waals surface area (Å²) >= 11 is 0. The predicted octanol–water partition coefficient (Wildman–Crippen LogP) is 1.74. The number of aryl methyl sites for hydroxylation is 1. The first-order chi connectivity index (χ1) is 12.9. The van der Waals surface area contributed by atoms with Gasteiger partial charge in [-0.2, -0.15) is 0 Å². The van der Waals surface area contributed by atoms with Crippen LogP contribution in [0.2, 0.25) is 0 Å². The zero-order chi connectivity index (χ0) is 19.3. The fraction of sp³-hybridized carbons (Fsp3) is 0.632. The van der Waals surface area contributed by atoms with Crippen molar-refractivity contribution in [3.05, 3.63) is 29.8 Å². The topological polar surface area (TPSA) is 79.0 Å². The molecule has 2 aliphatic heterocycles. The largest absolute Gasteiger partial charge is 0.379 e. The van der Waals surface area contributed by atoms with E-state index < -0.39 is 9.84 Å². The van der Waals surface area contributed by atoms with Gasteiger partial charge in [-0.05, 0) is 31.9 Å². The average Bonchev–Trinajstić information content (AvgIpc) is 3.01. The number of benzene rings is 1. The van der Waals surface area contributed by atoms with E-state index in [0.717, 1.165) is 50.5 Å². The molecule has 3 rings (SSSR count). The molecule has 0 spiro atoms. The fourth-order valence-electron chi connectivity index (χ4n) is 3.59. The molecule has 8 heteroatoms. The van der Waals surface area contributed by atoms with E-state index in [0.29, 0.717) is 13.0 Å². The second-order valence-electron chi connectivity index (χ2n) is 7.35. The second kappa shape index (κ2) is 9.03. The quantitative estimate of drug-likeness (QED) is 0.794. The number of nitrogens with zero attached hydrogens (tertiary/aromatic N) is 2. The Morgan fingerprint density at radius 2 is 1.96 bits per heavy atom. The number of urea groups is 1. The predicted molar refractivity (Wildman–Crippen MR) is 106 cm³/mol. The highest BCUT2D eigenvalue weighted by Crippen LogP contribution is 2.20. The van der Waals surface area contributed by atoms with Crippen molar-refractivity contribution in [2.24, 2.45) is 0 Å². The Hall–Kier alpha value is -1.64. The van der Waals surface area contributed by atoms with Crippen molar-refractivity contribution < 1.29 is 17.9 Å². The third-order valence-corrected chi connectivity index (χ3v) is 6.94. The molecule has 1 atom stereocenters. The molecule has 1 N–H and O–H groups in total. The van der Waals surface area contributed by atoms with Gasteiger partial charge in [-0.3, -0.25) is 4.90 Å². The van der Waals surface area contributed by atoms with Gasteiger partial charge in [0.1, 0.15) is 0 Å². The van der Waals surface area contributed by atoms with Crippen molar-refractivity contribution in [2.75, 3.05) is 56.2 Å². The lowest BCUT2D eigenvalue weighted by Crippen LogP contribution is -2.45. The van der Waals surface area contributed by atoms with Gasteiger partial charge in [0.25, 0.3) is 0 Å². The summed E-state index contributed by atoms with van der Waals surface area (Å²) in [6, 6.07) is 7.15. The Morgan fingerprint density at radius 1 is 1.26 bits per heavy atom. The van der Waals surface area contributed by atoms with Gasteiger partial charge in [-0.15, -0.1) is 0 Å². The molecule has 1 aromatic rings. The summed E-state index contributed by atoms with van der Waals surface area (Å²) in [5.74, 6) is 0.224. The fourth-order valence-corrected chi connectivity index (χ4v) is 5.32. The summed E-state index contributed by atoms with van der Waals surface area (Å²) in [7, 11) is -3.05. The first-order valence-electron chi connectivity index (χ1n) is 9.58. The van der Waals surface area contributed by atoms with E-state index in [-0.39, 0.29) is 23.6 Å². The van der Waals surface area contributed by atoms with Crippen molar-refractivity contribution in [3.8, 4) is 0 Å². The maximum atomic E-state index is 12.9.